The van der Waals surface area contributed by atoms with Gasteiger partial charge in [-0.3, -0.25) is 19.7 Å². The number of hydrogen-bond acceptors (Lipinski definition) is 5. The lowest BCUT2D eigenvalue weighted by Crippen LogP contribution is -2.37. The van der Waals surface area contributed by atoms with E-state index in [0.717, 1.165) is 0 Å². The number of carboxylic acids is 1. The van der Waals surface area contributed by atoms with Crippen molar-refractivity contribution in [3.8, 4) is 0 Å². The van der Waals surface area contributed by atoms with Crippen molar-refractivity contribution in [2.75, 3.05) is 5.32 Å². The van der Waals surface area contributed by atoms with Gasteiger partial charge in [0, 0.05) is 10.5 Å². The zero-order valence-corrected chi connectivity index (χ0v) is 11.1. The second-order valence-corrected chi connectivity index (χ2v) is 4.53. The maximum atomic E-state index is 11.6. The number of nitro groups is 1. The van der Waals surface area contributed by atoms with E-state index in [1.807, 2.05) is 0 Å². The standard InChI is InChI=1S/C10H10BrN3O5/c11-5-1-2-7(8(3-5)14(18)19)13-10(17)6(12)4-9(15)16/h1-3,6H,4,12H2,(H,13,17)(H,15,16). The van der Waals surface area contributed by atoms with Gasteiger partial charge in [-0.05, 0) is 12.1 Å². The zero-order valence-electron chi connectivity index (χ0n) is 9.50. The van der Waals surface area contributed by atoms with Crippen LogP contribution in [0, 0.1) is 10.1 Å². The van der Waals surface area contributed by atoms with E-state index in [0.29, 0.717) is 4.47 Å². The number of carbonyl (C=O) groups excluding carboxylic acids is 1. The second kappa shape index (κ2) is 6.25. The Morgan fingerprint density at radius 1 is 1.53 bits per heavy atom. The molecule has 0 heterocycles. The molecule has 0 bridgehead atoms. The smallest absolute Gasteiger partial charge is 0.305 e. The molecule has 1 aromatic carbocycles. The van der Waals surface area contributed by atoms with Crippen LogP contribution >= 0.6 is 15.9 Å². The van der Waals surface area contributed by atoms with Gasteiger partial charge in [0.25, 0.3) is 5.69 Å². The number of nitrogens with one attached hydrogen (secondary N) is 1. The van der Waals surface area contributed by atoms with Crippen molar-refractivity contribution in [1.82, 2.24) is 0 Å². The average Bonchev–Trinajstić information content (AvgIpc) is 2.30. The number of benzene rings is 1. The number of anilines is 1. The van der Waals surface area contributed by atoms with Gasteiger partial charge >= 0.3 is 5.97 Å². The fourth-order valence-electron chi connectivity index (χ4n) is 1.27. The molecule has 4 N–H and O–H groups in total. The summed E-state index contributed by atoms with van der Waals surface area (Å²) < 4.78 is 0.479. The Hall–Kier alpha value is -2.00. The summed E-state index contributed by atoms with van der Waals surface area (Å²) in [6.07, 6.45) is -0.559. The molecule has 1 unspecified atom stereocenters. The summed E-state index contributed by atoms with van der Waals surface area (Å²) in [4.78, 5) is 32.1. The van der Waals surface area contributed by atoms with Crippen LogP contribution in [-0.4, -0.2) is 27.9 Å². The predicted molar refractivity (Wildman–Crippen MR) is 69.7 cm³/mol. The molecule has 9 heteroatoms. The Morgan fingerprint density at radius 3 is 2.68 bits per heavy atom. The van der Waals surface area contributed by atoms with E-state index in [1.54, 1.807) is 0 Å². The molecule has 0 aromatic heterocycles. The molecule has 0 spiro atoms. The van der Waals surface area contributed by atoms with Gasteiger partial charge in [0.2, 0.25) is 5.91 Å². The number of nitro benzene ring substituents is 1. The van der Waals surface area contributed by atoms with E-state index in [1.165, 1.54) is 18.2 Å². The molecule has 0 aliphatic heterocycles. The molecule has 1 rings (SSSR count). The number of aliphatic carboxylic acids is 1. The van der Waals surface area contributed by atoms with Gasteiger partial charge in [-0.25, -0.2) is 0 Å². The molecule has 0 aliphatic rings. The first-order valence-corrected chi connectivity index (χ1v) is 5.82. The minimum atomic E-state index is -1.28. The average molecular weight is 332 g/mol. The van der Waals surface area contributed by atoms with Crippen LogP contribution in [0.25, 0.3) is 0 Å². The Balaban J connectivity index is 2.90. The van der Waals surface area contributed by atoms with Crippen LogP contribution in [0.2, 0.25) is 0 Å². The van der Waals surface area contributed by atoms with E-state index in [9.17, 15) is 19.7 Å². The molecular weight excluding hydrogens is 322 g/mol. The Bertz CT molecular complexity index is 534. The topological polar surface area (TPSA) is 136 Å². The van der Waals surface area contributed by atoms with Crippen molar-refractivity contribution in [3.63, 3.8) is 0 Å². The molecule has 19 heavy (non-hydrogen) atoms. The van der Waals surface area contributed by atoms with Crippen molar-refractivity contribution in [1.29, 1.82) is 0 Å². The van der Waals surface area contributed by atoms with Crippen molar-refractivity contribution >= 4 is 39.2 Å². The van der Waals surface area contributed by atoms with Gasteiger partial charge in [-0.2, -0.15) is 0 Å². The third-order valence-electron chi connectivity index (χ3n) is 2.15. The molecule has 1 atom stereocenters. The molecule has 0 saturated carbocycles. The first-order valence-electron chi connectivity index (χ1n) is 5.03. The van der Waals surface area contributed by atoms with Crippen LogP contribution in [0.5, 0.6) is 0 Å². The van der Waals surface area contributed by atoms with Gasteiger partial charge in [0.05, 0.1) is 17.4 Å². The zero-order chi connectivity index (χ0) is 14.6. The first-order chi connectivity index (χ1) is 8.81. The van der Waals surface area contributed by atoms with Gasteiger partial charge in [0.15, 0.2) is 0 Å². The van der Waals surface area contributed by atoms with E-state index < -0.39 is 29.3 Å². The summed E-state index contributed by atoms with van der Waals surface area (Å²) in [7, 11) is 0. The number of hydrogen-bond donors (Lipinski definition) is 3. The highest BCUT2D eigenvalue weighted by atomic mass is 79.9. The maximum absolute atomic E-state index is 11.6. The highest BCUT2D eigenvalue weighted by Crippen LogP contribution is 2.28. The lowest BCUT2D eigenvalue weighted by atomic mass is 10.2. The molecule has 0 aliphatic carbocycles. The Morgan fingerprint density at radius 2 is 2.16 bits per heavy atom. The molecule has 1 aromatic rings. The van der Waals surface area contributed by atoms with E-state index >= 15 is 0 Å². The molecule has 1 amide bonds. The molecule has 0 saturated heterocycles. The van der Waals surface area contributed by atoms with Crippen LogP contribution in [0.15, 0.2) is 22.7 Å². The van der Waals surface area contributed by atoms with Crippen LogP contribution in [-0.2, 0) is 9.59 Å². The van der Waals surface area contributed by atoms with Crippen molar-refractivity contribution in [2.45, 2.75) is 12.5 Å². The largest absolute Gasteiger partial charge is 0.481 e. The summed E-state index contributed by atoms with van der Waals surface area (Å²) in [6.45, 7) is 0. The fraction of sp³-hybridized carbons (Fsp3) is 0.200. The number of carboxylic acid groups (broad SMARTS) is 1. The number of nitrogens with two attached hydrogens (primary N) is 1. The van der Waals surface area contributed by atoms with Crippen LogP contribution in [0.1, 0.15) is 6.42 Å². The molecule has 0 radical (unpaired) electrons. The van der Waals surface area contributed by atoms with Gasteiger partial charge in [0.1, 0.15) is 5.69 Å². The normalized spacial score (nSPS) is 11.7. The minimum absolute atomic E-state index is 0.0426. The van der Waals surface area contributed by atoms with Crippen LogP contribution < -0.4 is 11.1 Å². The highest BCUT2D eigenvalue weighted by molar-refractivity contribution is 9.10. The fourth-order valence-corrected chi connectivity index (χ4v) is 1.62. The summed E-state index contributed by atoms with van der Waals surface area (Å²) in [6, 6.07) is 2.78. The number of halogens is 1. The van der Waals surface area contributed by atoms with Gasteiger partial charge < -0.3 is 16.2 Å². The Labute approximate surface area is 115 Å². The number of nitrogens with zero attached hydrogens (tertiary/aromatic N) is 1. The Kier molecular flexibility index (Phi) is 4.95. The third-order valence-corrected chi connectivity index (χ3v) is 2.64. The van der Waals surface area contributed by atoms with E-state index in [4.69, 9.17) is 10.8 Å². The van der Waals surface area contributed by atoms with Crippen molar-refractivity contribution in [3.05, 3.63) is 32.8 Å². The lowest BCUT2D eigenvalue weighted by molar-refractivity contribution is -0.384. The monoisotopic (exact) mass is 331 g/mol. The molecular formula is C10H10BrN3O5. The number of rotatable bonds is 5. The van der Waals surface area contributed by atoms with Gasteiger partial charge in [-0.1, -0.05) is 15.9 Å². The number of carbonyl (C=O) groups is 2. The summed E-state index contributed by atoms with van der Waals surface area (Å²) in [5, 5.41) is 21.5. The minimum Gasteiger partial charge on any atom is -0.481 e. The maximum Gasteiger partial charge on any atom is 0.305 e. The van der Waals surface area contributed by atoms with Crippen LogP contribution in [0.4, 0.5) is 11.4 Å². The molecule has 8 nitrogen and oxygen atoms in total. The molecule has 102 valence electrons. The van der Waals surface area contributed by atoms with Crippen LogP contribution in [0.3, 0.4) is 0 Å². The second-order valence-electron chi connectivity index (χ2n) is 3.61. The highest BCUT2D eigenvalue weighted by Gasteiger charge is 2.21. The lowest BCUT2D eigenvalue weighted by Gasteiger charge is -2.10. The number of amides is 1. The first kappa shape index (κ1) is 15.1. The van der Waals surface area contributed by atoms with E-state index in [2.05, 4.69) is 21.2 Å². The summed E-state index contributed by atoms with van der Waals surface area (Å²) >= 11 is 3.07. The SMILES string of the molecule is NC(CC(=O)O)C(=O)Nc1ccc(Br)cc1[N+](=O)[O-]. The quantitative estimate of drug-likeness (QED) is 0.546. The van der Waals surface area contributed by atoms with E-state index in [-0.39, 0.29) is 11.4 Å². The third kappa shape index (κ3) is 4.30. The van der Waals surface area contributed by atoms with Crippen molar-refractivity contribution in [2.24, 2.45) is 5.73 Å². The van der Waals surface area contributed by atoms with Gasteiger partial charge in [-0.15, -0.1) is 0 Å². The summed E-state index contributed by atoms with van der Waals surface area (Å²) in [5.74, 6) is -2.03. The summed E-state index contributed by atoms with van der Waals surface area (Å²) in [5.41, 5.74) is 4.99. The predicted octanol–water partition coefficient (Wildman–Crippen LogP) is 1.10. The molecule has 0 fully saturated rings. The van der Waals surface area contributed by atoms with Crippen molar-refractivity contribution < 1.29 is 19.6 Å².